The molecule has 1 atom stereocenters. The number of nitrogens with one attached hydrogen (secondary N) is 1. The van der Waals surface area contributed by atoms with Crippen LogP contribution in [-0.2, 0) is 11.2 Å². The van der Waals surface area contributed by atoms with E-state index < -0.39 is 5.60 Å². The van der Waals surface area contributed by atoms with Crippen molar-refractivity contribution in [1.82, 2.24) is 4.98 Å². The highest BCUT2D eigenvalue weighted by Crippen LogP contribution is 2.47. The monoisotopic (exact) mass is 333 g/mol. The number of aromatic amines is 1. The van der Waals surface area contributed by atoms with Crippen LogP contribution in [0.3, 0.4) is 0 Å². The molecule has 0 amide bonds. The Bertz CT molecular complexity index is 863. The van der Waals surface area contributed by atoms with Gasteiger partial charge in [0.25, 0.3) is 0 Å². The van der Waals surface area contributed by atoms with Crippen molar-refractivity contribution in [2.45, 2.75) is 12.0 Å². The van der Waals surface area contributed by atoms with Crippen LogP contribution < -0.4 is 4.74 Å². The standard InChI is InChI=1S/C17H13Cl2NO2/c1-21-10-4-5-12-11(8-10)14-13(20-12)9-17(16(19)15(14)18)6-2-3-7-22-17/h2-8,20H,9H2,1H3. The Morgan fingerprint density at radius 1 is 1.27 bits per heavy atom. The molecule has 2 heterocycles. The highest BCUT2D eigenvalue weighted by Gasteiger charge is 2.41. The fourth-order valence-electron chi connectivity index (χ4n) is 3.05. The van der Waals surface area contributed by atoms with Crippen LogP contribution in [0.25, 0.3) is 15.9 Å². The van der Waals surface area contributed by atoms with Gasteiger partial charge < -0.3 is 14.5 Å². The van der Waals surface area contributed by atoms with Crippen molar-refractivity contribution in [3.8, 4) is 5.75 Å². The fourth-order valence-corrected chi connectivity index (χ4v) is 3.70. The normalized spacial score (nSPS) is 23.0. The van der Waals surface area contributed by atoms with Crippen LogP contribution >= 0.6 is 23.2 Å². The lowest BCUT2D eigenvalue weighted by molar-refractivity contribution is 0.105. The maximum Gasteiger partial charge on any atom is 0.169 e. The van der Waals surface area contributed by atoms with Gasteiger partial charge in [0.15, 0.2) is 5.60 Å². The van der Waals surface area contributed by atoms with Crippen LogP contribution in [0.5, 0.6) is 5.75 Å². The number of hydrogen-bond donors (Lipinski definition) is 1. The Balaban J connectivity index is 1.96. The zero-order valence-corrected chi connectivity index (χ0v) is 13.3. The first-order chi connectivity index (χ1) is 10.6. The van der Waals surface area contributed by atoms with Gasteiger partial charge in [0, 0.05) is 28.6 Å². The van der Waals surface area contributed by atoms with E-state index in [0.29, 0.717) is 16.5 Å². The minimum Gasteiger partial charge on any atom is -0.497 e. The van der Waals surface area contributed by atoms with Crippen LogP contribution in [0, 0.1) is 0 Å². The van der Waals surface area contributed by atoms with Gasteiger partial charge in [-0.25, -0.2) is 0 Å². The van der Waals surface area contributed by atoms with E-state index in [0.717, 1.165) is 27.9 Å². The molecule has 0 radical (unpaired) electrons. The Kier molecular flexibility index (Phi) is 3.03. The van der Waals surface area contributed by atoms with E-state index in [1.165, 1.54) is 0 Å². The van der Waals surface area contributed by atoms with Gasteiger partial charge in [-0.3, -0.25) is 0 Å². The van der Waals surface area contributed by atoms with E-state index in [-0.39, 0.29) is 0 Å². The molecule has 2 aliphatic rings. The molecule has 22 heavy (non-hydrogen) atoms. The summed E-state index contributed by atoms with van der Waals surface area (Å²) in [7, 11) is 1.65. The third kappa shape index (κ3) is 1.82. The lowest BCUT2D eigenvalue weighted by Crippen LogP contribution is -2.36. The smallest absolute Gasteiger partial charge is 0.169 e. The number of ether oxygens (including phenoxy) is 2. The molecule has 1 aliphatic carbocycles. The quantitative estimate of drug-likeness (QED) is 0.819. The minimum absolute atomic E-state index is 0.506. The van der Waals surface area contributed by atoms with E-state index in [2.05, 4.69) is 4.98 Å². The third-order valence-corrected chi connectivity index (χ3v) is 5.12. The predicted molar refractivity (Wildman–Crippen MR) is 89.3 cm³/mol. The van der Waals surface area contributed by atoms with Gasteiger partial charge in [-0.2, -0.15) is 0 Å². The maximum absolute atomic E-state index is 6.59. The van der Waals surface area contributed by atoms with E-state index in [1.54, 1.807) is 13.4 Å². The molecule has 3 nitrogen and oxygen atoms in total. The molecule has 5 heteroatoms. The molecule has 0 saturated carbocycles. The van der Waals surface area contributed by atoms with E-state index in [1.807, 2.05) is 36.4 Å². The van der Waals surface area contributed by atoms with Crippen molar-refractivity contribution in [2.75, 3.05) is 7.11 Å². The van der Waals surface area contributed by atoms with Crippen molar-refractivity contribution in [1.29, 1.82) is 0 Å². The van der Waals surface area contributed by atoms with Crippen molar-refractivity contribution < 1.29 is 9.47 Å². The number of methoxy groups -OCH3 is 1. The Morgan fingerprint density at radius 3 is 2.86 bits per heavy atom. The Morgan fingerprint density at radius 2 is 2.14 bits per heavy atom. The number of halogens is 2. The summed E-state index contributed by atoms with van der Waals surface area (Å²) in [5, 5.41) is 2.02. The van der Waals surface area contributed by atoms with E-state index in [9.17, 15) is 0 Å². The number of aromatic nitrogens is 1. The molecule has 1 unspecified atom stereocenters. The van der Waals surface area contributed by atoms with Gasteiger partial charge in [0.05, 0.1) is 23.4 Å². The number of H-pyrrole nitrogens is 1. The minimum atomic E-state index is -0.717. The lowest BCUT2D eigenvalue weighted by Gasteiger charge is -2.34. The van der Waals surface area contributed by atoms with Gasteiger partial charge in [-0.1, -0.05) is 29.3 Å². The average Bonchev–Trinajstić information content (AvgIpc) is 2.90. The first-order valence-corrected chi connectivity index (χ1v) is 7.67. The highest BCUT2D eigenvalue weighted by atomic mass is 35.5. The molecule has 0 bridgehead atoms. The summed E-state index contributed by atoms with van der Waals surface area (Å²) < 4.78 is 11.1. The zero-order valence-electron chi connectivity index (χ0n) is 11.8. The number of hydrogen-bond acceptors (Lipinski definition) is 2. The van der Waals surface area contributed by atoms with Crippen LogP contribution in [-0.4, -0.2) is 17.7 Å². The number of benzene rings is 1. The molecule has 4 rings (SSSR count). The summed E-state index contributed by atoms with van der Waals surface area (Å²) in [4.78, 5) is 3.42. The molecular weight excluding hydrogens is 321 g/mol. The molecule has 112 valence electrons. The number of rotatable bonds is 1. The van der Waals surface area contributed by atoms with Crippen LogP contribution in [0.2, 0.25) is 0 Å². The molecular formula is C17H13Cl2NO2. The second kappa shape index (κ2) is 4.83. The summed E-state index contributed by atoms with van der Waals surface area (Å²) in [5.41, 5.74) is 2.22. The van der Waals surface area contributed by atoms with E-state index >= 15 is 0 Å². The SMILES string of the molecule is COc1ccc2[nH]c3c(c2c1)C(Cl)=C(Cl)C1(C=CC=CO1)C3. The zero-order chi connectivity index (χ0) is 15.3. The average molecular weight is 334 g/mol. The molecule has 1 aromatic heterocycles. The summed E-state index contributed by atoms with van der Waals surface area (Å²) in [6, 6.07) is 5.86. The van der Waals surface area contributed by atoms with Gasteiger partial charge in [0.2, 0.25) is 0 Å². The Labute approximate surface area is 137 Å². The lowest BCUT2D eigenvalue weighted by atomic mass is 9.87. The summed E-state index contributed by atoms with van der Waals surface area (Å²) in [6.45, 7) is 0. The molecule has 0 saturated heterocycles. The molecule has 1 aliphatic heterocycles. The van der Waals surface area contributed by atoms with Crippen molar-refractivity contribution in [3.63, 3.8) is 0 Å². The topological polar surface area (TPSA) is 34.2 Å². The first-order valence-electron chi connectivity index (χ1n) is 6.91. The largest absolute Gasteiger partial charge is 0.497 e. The van der Waals surface area contributed by atoms with Crippen LogP contribution in [0.4, 0.5) is 0 Å². The van der Waals surface area contributed by atoms with Crippen LogP contribution in [0.1, 0.15) is 11.3 Å². The van der Waals surface area contributed by atoms with Gasteiger partial charge >= 0.3 is 0 Å². The molecule has 2 aromatic rings. The second-order valence-corrected chi connectivity index (χ2v) is 6.15. The molecule has 1 spiro atoms. The van der Waals surface area contributed by atoms with E-state index in [4.69, 9.17) is 32.7 Å². The van der Waals surface area contributed by atoms with Crippen LogP contribution in [0.15, 0.2) is 47.7 Å². The molecule has 0 fully saturated rings. The van der Waals surface area contributed by atoms with Gasteiger partial charge in [-0.05, 0) is 30.4 Å². The third-order valence-electron chi connectivity index (χ3n) is 4.14. The van der Waals surface area contributed by atoms with Crippen molar-refractivity contribution in [3.05, 3.63) is 59.0 Å². The number of fused-ring (bicyclic) bond motifs is 3. The van der Waals surface area contributed by atoms with Crippen molar-refractivity contribution in [2.24, 2.45) is 0 Å². The predicted octanol–water partition coefficient (Wildman–Crippen LogP) is 4.72. The van der Waals surface area contributed by atoms with Crippen molar-refractivity contribution >= 4 is 39.1 Å². The molecule has 1 aromatic carbocycles. The Hall–Kier alpha value is -1.84. The highest BCUT2D eigenvalue weighted by molar-refractivity contribution is 6.56. The first kappa shape index (κ1) is 13.8. The summed E-state index contributed by atoms with van der Waals surface area (Å²) in [6.07, 6.45) is 7.94. The number of allylic oxidation sites excluding steroid dienone is 2. The maximum atomic E-state index is 6.59. The summed E-state index contributed by atoms with van der Waals surface area (Å²) >= 11 is 13.1. The van der Waals surface area contributed by atoms with Gasteiger partial charge in [-0.15, -0.1) is 0 Å². The second-order valence-electron chi connectivity index (χ2n) is 5.39. The summed E-state index contributed by atoms with van der Waals surface area (Å²) in [5.74, 6) is 0.784. The fraction of sp³-hybridized carbons (Fsp3) is 0.176. The van der Waals surface area contributed by atoms with Gasteiger partial charge in [0.1, 0.15) is 5.75 Å². The molecule has 1 N–H and O–H groups in total.